The van der Waals surface area contributed by atoms with Gasteiger partial charge in [0.1, 0.15) is 5.78 Å². The number of alkyl halides is 2. The van der Waals surface area contributed by atoms with Crippen molar-refractivity contribution in [3.05, 3.63) is 0 Å². The van der Waals surface area contributed by atoms with Gasteiger partial charge in [0.15, 0.2) is 0 Å². The van der Waals surface area contributed by atoms with Crippen molar-refractivity contribution in [2.45, 2.75) is 31.6 Å². The lowest BCUT2D eigenvalue weighted by Crippen LogP contribution is -2.25. The Morgan fingerprint density at radius 3 is 2.44 bits per heavy atom. The molecular formula is C6H8F2O. The molecule has 0 saturated heterocycles. The van der Waals surface area contributed by atoms with Gasteiger partial charge in [-0.2, -0.15) is 0 Å². The zero-order chi connectivity index (χ0) is 6.91. The van der Waals surface area contributed by atoms with Gasteiger partial charge in [0.25, 0.3) is 5.92 Å². The second kappa shape index (κ2) is 2.05. The van der Waals surface area contributed by atoms with Gasteiger partial charge in [0, 0.05) is 12.8 Å². The number of carbonyl (C=O) groups excluding carboxylic acids is 1. The van der Waals surface area contributed by atoms with Crippen LogP contribution in [0.2, 0.25) is 0 Å². The molecule has 0 heterocycles. The van der Waals surface area contributed by atoms with Gasteiger partial charge in [-0.3, -0.25) is 4.79 Å². The van der Waals surface area contributed by atoms with Gasteiger partial charge >= 0.3 is 0 Å². The van der Waals surface area contributed by atoms with E-state index in [9.17, 15) is 13.6 Å². The van der Waals surface area contributed by atoms with Crippen LogP contribution in [-0.4, -0.2) is 11.7 Å². The molecule has 0 aromatic rings. The summed E-state index contributed by atoms with van der Waals surface area (Å²) < 4.78 is 24.5. The summed E-state index contributed by atoms with van der Waals surface area (Å²) in [5.41, 5.74) is 0. The zero-order valence-corrected chi connectivity index (χ0v) is 4.99. The summed E-state index contributed by atoms with van der Waals surface area (Å²) in [6, 6.07) is 0. The smallest absolute Gasteiger partial charge is 0.255 e. The predicted octanol–water partition coefficient (Wildman–Crippen LogP) is 1.76. The third-order valence-electron chi connectivity index (χ3n) is 1.45. The number of carbonyl (C=O) groups is 1. The van der Waals surface area contributed by atoms with Gasteiger partial charge in [-0.15, -0.1) is 0 Å². The standard InChI is InChI=1S/C6H8F2O/c7-6(8)3-1-2-5(9)4-6/h1-4H2. The van der Waals surface area contributed by atoms with Crippen molar-refractivity contribution in [2.75, 3.05) is 0 Å². The second-order valence-electron chi connectivity index (χ2n) is 2.42. The maximum atomic E-state index is 12.2. The molecule has 9 heavy (non-hydrogen) atoms. The molecule has 1 nitrogen and oxygen atoms in total. The number of halogens is 2. The minimum absolute atomic E-state index is 0.112. The fourth-order valence-electron chi connectivity index (χ4n) is 1.01. The lowest BCUT2D eigenvalue weighted by molar-refractivity contribution is -0.131. The summed E-state index contributed by atoms with van der Waals surface area (Å²) in [5.74, 6) is -3.00. The number of ketones is 1. The average Bonchev–Trinajstić information content (AvgIpc) is 1.60. The first-order valence-electron chi connectivity index (χ1n) is 3.00. The third kappa shape index (κ3) is 1.73. The molecule has 52 valence electrons. The zero-order valence-electron chi connectivity index (χ0n) is 4.99. The van der Waals surface area contributed by atoms with Crippen molar-refractivity contribution in [1.29, 1.82) is 0 Å². The predicted molar refractivity (Wildman–Crippen MR) is 28.4 cm³/mol. The largest absolute Gasteiger partial charge is 0.299 e. The molecule has 1 rings (SSSR count). The SMILES string of the molecule is O=C1CCCC(F)(F)C1. The molecule has 0 aromatic heterocycles. The van der Waals surface area contributed by atoms with Crippen LogP contribution in [0.4, 0.5) is 8.78 Å². The summed E-state index contributed by atoms with van der Waals surface area (Å²) in [5, 5.41) is 0. The Hall–Kier alpha value is -0.470. The van der Waals surface area contributed by atoms with E-state index in [1.165, 1.54) is 0 Å². The molecule has 0 aliphatic heterocycles. The second-order valence-corrected chi connectivity index (χ2v) is 2.42. The minimum atomic E-state index is -2.70. The first-order chi connectivity index (χ1) is 4.10. The molecule has 1 aliphatic rings. The van der Waals surface area contributed by atoms with E-state index in [0.29, 0.717) is 12.8 Å². The van der Waals surface area contributed by atoms with Crippen molar-refractivity contribution >= 4 is 5.78 Å². The number of Topliss-reactive ketones (excluding diaryl/α,β-unsaturated/α-hetero) is 1. The van der Waals surface area contributed by atoms with Crippen LogP contribution in [0, 0.1) is 0 Å². The van der Waals surface area contributed by atoms with E-state index in [1.807, 2.05) is 0 Å². The molecular weight excluding hydrogens is 126 g/mol. The molecule has 0 spiro atoms. The highest BCUT2D eigenvalue weighted by molar-refractivity contribution is 5.79. The quantitative estimate of drug-likeness (QED) is 0.493. The van der Waals surface area contributed by atoms with Crippen molar-refractivity contribution < 1.29 is 13.6 Å². The van der Waals surface area contributed by atoms with Crippen LogP contribution in [0.5, 0.6) is 0 Å². The van der Waals surface area contributed by atoms with Gasteiger partial charge in [0.2, 0.25) is 0 Å². The number of hydrogen-bond acceptors (Lipinski definition) is 1. The highest BCUT2D eigenvalue weighted by atomic mass is 19.3. The molecule has 1 aliphatic carbocycles. The fraction of sp³-hybridized carbons (Fsp3) is 0.833. The van der Waals surface area contributed by atoms with Crippen molar-refractivity contribution in [3.63, 3.8) is 0 Å². The fourth-order valence-corrected chi connectivity index (χ4v) is 1.01. The Kier molecular flexibility index (Phi) is 1.51. The Morgan fingerprint density at radius 2 is 2.11 bits per heavy atom. The minimum Gasteiger partial charge on any atom is -0.299 e. The first kappa shape index (κ1) is 6.65. The van der Waals surface area contributed by atoms with E-state index in [4.69, 9.17) is 0 Å². The van der Waals surface area contributed by atoms with Crippen LogP contribution >= 0.6 is 0 Å². The van der Waals surface area contributed by atoms with Crippen LogP contribution in [0.3, 0.4) is 0 Å². The Morgan fingerprint density at radius 1 is 1.44 bits per heavy atom. The summed E-state index contributed by atoms with van der Waals surface area (Å²) in [6.07, 6.45) is 0.0488. The average molecular weight is 134 g/mol. The van der Waals surface area contributed by atoms with Crippen LogP contribution in [0.25, 0.3) is 0 Å². The Balaban J connectivity index is 2.51. The third-order valence-corrected chi connectivity index (χ3v) is 1.45. The van der Waals surface area contributed by atoms with E-state index in [1.54, 1.807) is 0 Å². The van der Waals surface area contributed by atoms with Crippen LogP contribution in [0.15, 0.2) is 0 Å². The Bertz CT molecular complexity index is 131. The first-order valence-corrected chi connectivity index (χ1v) is 3.00. The van der Waals surface area contributed by atoms with Gasteiger partial charge in [-0.1, -0.05) is 0 Å². The van der Waals surface area contributed by atoms with Gasteiger partial charge in [-0.25, -0.2) is 8.78 Å². The molecule has 0 radical (unpaired) electrons. The Labute approximate surface area is 52.1 Å². The lowest BCUT2D eigenvalue weighted by atomic mass is 9.96. The van der Waals surface area contributed by atoms with E-state index >= 15 is 0 Å². The number of hydrogen-bond donors (Lipinski definition) is 0. The van der Waals surface area contributed by atoms with Crippen molar-refractivity contribution in [1.82, 2.24) is 0 Å². The van der Waals surface area contributed by atoms with Crippen LogP contribution in [-0.2, 0) is 4.79 Å². The lowest BCUT2D eigenvalue weighted by Gasteiger charge is -2.19. The summed E-state index contributed by atoms with van der Waals surface area (Å²) >= 11 is 0. The molecule has 1 saturated carbocycles. The van der Waals surface area contributed by atoms with Crippen molar-refractivity contribution in [2.24, 2.45) is 0 Å². The van der Waals surface area contributed by atoms with Crippen LogP contribution in [0.1, 0.15) is 25.7 Å². The van der Waals surface area contributed by atoms with E-state index < -0.39 is 12.3 Å². The topological polar surface area (TPSA) is 17.1 Å². The van der Waals surface area contributed by atoms with E-state index in [2.05, 4.69) is 0 Å². The van der Waals surface area contributed by atoms with Gasteiger partial charge in [-0.05, 0) is 6.42 Å². The maximum Gasteiger partial charge on any atom is 0.255 e. The molecule has 3 heteroatoms. The maximum absolute atomic E-state index is 12.2. The summed E-state index contributed by atoms with van der Waals surface area (Å²) in [7, 11) is 0. The normalized spacial score (nSPS) is 26.2. The van der Waals surface area contributed by atoms with Gasteiger partial charge in [0.05, 0.1) is 6.42 Å². The molecule has 0 unspecified atom stereocenters. The van der Waals surface area contributed by atoms with Crippen LogP contribution < -0.4 is 0 Å². The monoisotopic (exact) mass is 134 g/mol. The van der Waals surface area contributed by atoms with Gasteiger partial charge < -0.3 is 0 Å². The molecule has 0 N–H and O–H groups in total. The van der Waals surface area contributed by atoms with E-state index in [-0.39, 0.29) is 12.2 Å². The number of rotatable bonds is 0. The highest BCUT2D eigenvalue weighted by Crippen LogP contribution is 2.30. The summed E-state index contributed by atoms with van der Waals surface area (Å²) in [6.45, 7) is 0. The summed E-state index contributed by atoms with van der Waals surface area (Å²) in [4.78, 5) is 10.4. The van der Waals surface area contributed by atoms with E-state index in [0.717, 1.165) is 0 Å². The van der Waals surface area contributed by atoms with Crippen molar-refractivity contribution in [3.8, 4) is 0 Å². The molecule has 0 atom stereocenters. The highest BCUT2D eigenvalue weighted by Gasteiger charge is 2.34. The molecule has 1 fully saturated rings. The molecule has 0 aromatic carbocycles. The molecule has 0 bridgehead atoms. The molecule has 0 amide bonds.